The minimum absolute atomic E-state index is 1.25. The van der Waals surface area contributed by atoms with E-state index in [4.69, 9.17) is 0 Å². The molecule has 0 aliphatic rings. The van der Waals surface area contributed by atoms with Crippen LogP contribution in [-0.4, -0.2) is 0 Å². The summed E-state index contributed by atoms with van der Waals surface area (Å²) in [6, 6.07) is 44.7. The largest absolute Gasteiger partial charge is 0.0610 e. The Morgan fingerprint density at radius 2 is 0.469 bits per heavy atom. The van der Waals surface area contributed by atoms with E-state index in [9.17, 15) is 0 Å². The first kappa shape index (κ1) is 17.5. The van der Waals surface area contributed by atoms with Crippen LogP contribution in [0.5, 0.6) is 0 Å². The summed E-state index contributed by atoms with van der Waals surface area (Å²) in [6.07, 6.45) is 0. The number of benzene rings is 6. The van der Waals surface area contributed by atoms with Gasteiger partial charge in [0, 0.05) is 0 Å². The fourth-order valence-corrected chi connectivity index (χ4v) is 5.14. The van der Waals surface area contributed by atoms with E-state index in [-0.39, 0.29) is 0 Å². The van der Waals surface area contributed by atoms with Gasteiger partial charge in [-0.1, -0.05) is 97.1 Å². The van der Waals surface area contributed by atoms with Gasteiger partial charge in [-0.2, -0.15) is 0 Å². The first-order chi connectivity index (χ1) is 15.8. The third-order valence-corrected chi connectivity index (χ3v) is 6.78. The molecule has 0 heterocycles. The van der Waals surface area contributed by atoms with Crippen molar-refractivity contribution in [3.8, 4) is 0 Å². The Kier molecular flexibility index (Phi) is 3.65. The van der Waals surface area contributed by atoms with Crippen molar-refractivity contribution in [1.29, 1.82) is 0 Å². The zero-order chi connectivity index (χ0) is 21.1. The van der Waals surface area contributed by atoms with Crippen molar-refractivity contribution < 1.29 is 0 Å². The average Bonchev–Trinajstić information content (AvgIpc) is 2.83. The molecule has 7 rings (SSSR count). The molecule has 4 bridgehead atoms. The fourth-order valence-electron chi connectivity index (χ4n) is 5.14. The topological polar surface area (TPSA) is 0 Å². The van der Waals surface area contributed by atoms with Crippen LogP contribution in [0.3, 0.4) is 0 Å². The second-order valence-corrected chi connectivity index (χ2v) is 8.64. The van der Waals surface area contributed by atoms with Gasteiger partial charge in [-0.25, -0.2) is 0 Å². The molecule has 0 atom stereocenters. The highest BCUT2D eigenvalue weighted by molar-refractivity contribution is 6.13. The van der Waals surface area contributed by atoms with Gasteiger partial charge >= 0.3 is 0 Å². The lowest BCUT2D eigenvalue weighted by Crippen LogP contribution is -1.80. The second kappa shape index (κ2) is 6.67. The molecule has 0 saturated carbocycles. The minimum atomic E-state index is 1.25. The molecule has 0 radical (unpaired) electrons. The number of hydrogen-bond acceptors (Lipinski definition) is 0. The summed E-state index contributed by atoms with van der Waals surface area (Å²) in [6.45, 7) is 0. The maximum Gasteiger partial charge on any atom is -0.0105 e. The van der Waals surface area contributed by atoms with Crippen molar-refractivity contribution in [3.63, 3.8) is 0 Å². The fraction of sp³-hybridized carbons (Fsp3) is 0. The lowest BCUT2D eigenvalue weighted by molar-refractivity contribution is 1.78. The van der Waals surface area contributed by atoms with Crippen LogP contribution < -0.4 is 0 Å². The van der Waals surface area contributed by atoms with Crippen LogP contribution in [0.1, 0.15) is 0 Å². The third kappa shape index (κ3) is 2.63. The highest BCUT2D eigenvalue weighted by atomic mass is 14.1. The van der Waals surface area contributed by atoms with Crippen molar-refractivity contribution in [2.24, 2.45) is 0 Å². The van der Waals surface area contributed by atoms with E-state index in [1.54, 1.807) is 0 Å². The molecule has 0 aromatic heterocycles. The lowest BCUT2D eigenvalue weighted by Gasteiger charge is -2.07. The first-order valence-corrected chi connectivity index (χ1v) is 11.1. The van der Waals surface area contributed by atoms with E-state index >= 15 is 0 Å². The molecule has 0 nitrogen and oxygen atoms in total. The highest BCUT2D eigenvalue weighted by Crippen LogP contribution is 2.31. The minimum Gasteiger partial charge on any atom is -0.0610 e. The van der Waals surface area contributed by atoms with Gasteiger partial charge < -0.3 is 0 Å². The quantitative estimate of drug-likeness (QED) is 0.221. The Bertz CT molecular complexity index is 1600. The van der Waals surface area contributed by atoms with Gasteiger partial charge in [0.05, 0.1) is 0 Å². The predicted octanol–water partition coefficient (Wildman–Crippen LogP) is 9.17. The smallest absolute Gasteiger partial charge is 0.0105 e. The first-order valence-electron chi connectivity index (χ1n) is 11.1. The molecule has 32 heavy (non-hydrogen) atoms. The molecule has 0 spiro atoms. The van der Waals surface area contributed by atoms with Gasteiger partial charge in [-0.3, -0.25) is 0 Å². The van der Waals surface area contributed by atoms with Crippen LogP contribution in [0.4, 0.5) is 0 Å². The van der Waals surface area contributed by atoms with Gasteiger partial charge in [-0.15, -0.1) is 0 Å². The summed E-state index contributed by atoms with van der Waals surface area (Å²) in [4.78, 5) is 0. The molecular formula is C32H20. The molecule has 0 heteroatoms. The van der Waals surface area contributed by atoms with E-state index in [1.165, 1.54) is 64.6 Å². The summed E-state index contributed by atoms with van der Waals surface area (Å²) in [5.74, 6) is 0. The molecule has 0 fully saturated rings. The van der Waals surface area contributed by atoms with Crippen LogP contribution in [0.15, 0.2) is 121 Å². The van der Waals surface area contributed by atoms with E-state index < -0.39 is 0 Å². The van der Waals surface area contributed by atoms with E-state index in [2.05, 4.69) is 121 Å². The van der Waals surface area contributed by atoms with Gasteiger partial charge in [0.15, 0.2) is 0 Å². The van der Waals surface area contributed by atoms with Crippen LogP contribution >= 0.6 is 0 Å². The normalized spacial score (nSPS) is 11.8. The van der Waals surface area contributed by atoms with Gasteiger partial charge in [0.1, 0.15) is 0 Å². The Labute approximate surface area is 186 Å². The summed E-state index contributed by atoms with van der Waals surface area (Å²) in [5, 5.41) is 15.3. The molecule has 0 aliphatic carbocycles. The molecule has 0 unspecified atom stereocenters. The second-order valence-electron chi connectivity index (χ2n) is 8.64. The molecular weight excluding hydrogens is 384 g/mol. The lowest BCUT2D eigenvalue weighted by atomic mass is 9.97. The SMILES string of the molecule is c1cc2ccc3cccc4cc5cccc(ccc6cccc7cc(c1)c2cc67)c5cc34. The Morgan fingerprint density at radius 3 is 0.750 bits per heavy atom. The molecule has 0 N–H and O–H groups in total. The van der Waals surface area contributed by atoms with Crippen LogP contribution in [-0.2, 0) is 0 Å². The van der Waals surface area contributed by atoms with Gasteiger partial charge in [0.25, 0.3) is 0 Å². The zero-order valence-corrected chi connectivity index (χ0v) is 17.5. The standard InChI is InChI=1S/C32H20/c1-5-21-13-14-22-6-3-11-27-18-28-12-4-8-24(32(28)20-31(22)27)16-15-23-7-2-10-26-17-25(9-1)29(21)19-30(23)26/h1-20H. The monoisotopic (exact) mass is 404 g/mol. The summed E-state index contributed by atoms with van der Waals surface area (Å²) >= 11 is 0. The molecule has 0 saturated heterocycles. The van der Waals surface area contributed by atoms with Crippen molar-refractivity contribution in [2.45, 2.75) is 0 Å². The Balaban J connectivity index is 1.78. The Morgan fingerprint density at radius 1 is 0.219 bits per heavy atom. The van der Waals surface area contributed by atoms with E-state index in [0.717, 1.165) is 0 Å². The summed E-state index contributed by atoms with van der Waals surface area (Å²) in [7, 11) is 0. The zero-order valence-electron chi connectivity index (χ0n) is 17.5. The molecule has 0 aliphatic heterocycles. The summed E-state index contributed by atoms with van der Waals surface area (Å²) in [5.41, 5.74) is 0. The van der Waals surface area contributed by atoms with E-state index in [0.29, 0.717) is 0 Å². The van der Waals surface area contributed by atoms with Crippen molar-refractivity contribution in [3.05, 3.63) is 121 Å². The van der Waals surface area contributed by atoms with Crippen LogP contribution in [0, 0.1) is 0 Å². The number of rotatable bonds is 0. The van der Waals surface area contributed by atoms with Crippen molar-refractivity contribution >= 4 is 64.6 Å². The molecule has 7 aromatic carbocycles. The third-order valence-electron chi connectivity index (χ3n) is 6.78. The van der Waals surface area contributed by atoms with Gasteiger partial charge in [0.2, 0.25) is 0 Å². The highest BCUT2D eigenvalue weighted by Gasteiger charge is 2.04. The maximum absolute atomic E-state index is 2.36. The van der Waals surface area contributed by atoms with Gasteiger partial charge in [-0.05, 0) is 88.9 Å². The molecule has 148 valence electrons. The average molecular weight is 405 g/mol. The van der Waals surface area contributed by atoms with E-state index in [1.807, 2.05) is 0 Å². The molecule has 7 aromatic rings. The van der Waals surface area contributed by atoms with Crippen LogP contribution in [0.2, 0.25) is 0 Å². The van der Waals surface area contributed by atoms with Crippen molar-refractivity contribution in [2.75, 3.05) is 0 Å². The summed E-state index contributed by atoms with van der Waals surface area (Å²) < 4.78 is 0. The predicted molar refractivity (Wildman–Crippen MR) is 140 cm³/mol. The Hall–Kier alpha value is -4.16. The van der Waals surface area contributed by atoms with Crippen LogP contribution in [0.25, 0.3) is 64.6 Å². The maximum atomic E-state index is 2.36. The molecule has 0 amide bonds. The van der Waals surface area contributed by atoms with Crippen molar-refractivity contribution in [1.82, 2.24) is 0 Å². The number of hydrogen-bond donors (Lipinski definition) is 0.